The van der Waals surface area contributed by atoms with E-state index in [9.17, 15) is 10.0 Å². The summed E-state index contributed by atoms with van der Waals surface area (Å²) in [6.45, 7) is 11.5. The minimum Gasteiger partial charge on any atom is -0.413 e. The quantitative estimate of drug-likeness (QED) is 0.795. The molecule has 131 valence electrons. The first kappa shape index (κ1) is 18.2. The molecule has 1 amide bonds. The smallest absolute Gasteiger partial charge is 0.413 e. The Morgan fingerprint density at radius 1 is 1.35 bits per heavy atom. The number of rotatable bonds is 3. The van der Waals surface area contributed by atoms with Gasteiger partial charge in [-0.2, -0.15) is 0 Å². The lowest BCUT2D eigenvalue weighted by atomic mass is 10.1. The highest BCUT2D eigenvalue weighted by Gasteiger charge is 2.49. The molecule has 2 rings (SSSR count). The van der Waals surface area contributed by atoms with Gasteiger partial charge in [0, 0.05) is 7.05 Å². The average molecular weight is 327 g/mol. The molecule has 7 heteroatoms. The molecule has 0 aromatic rings. The summed E-state index contributed by atoms with van der Waals surface area (Å²) in [5, 5.41) is 13.2. The van der Waals surface area contributed by atoms with Crippen LogP contribution in [0.5, 0.6) is 0 Å². The van der Waals surface area contributed by atoms with Gasteiger partial charge in [-0.3, -0.25) is 0 Å². The SMILES string of the molecule is CN(CC1COC(C)(C)O1)C(=O)OC1=CC(C)(C)N([O])C1(C)C. The Hall–Kier alpha value is -1.15. The highest BCUT2D eigenvalue weighted by molar-refractivity contribution is 5.69. The zero-order valence-electron chi connectivity index (χ0n) is 15.0. The van der Waals surface area contributed by atoms with Gasteiger partial charge in [-0.05, 0) is 47.6 Å². The maximum atomic E-state index is 12.3. The maximum absolute atomic E-state index is 12.3. The normalized spacial score (nSPS) is 28.5. The van der Waals surface area contributed by atoms with E-state index < -0.39 is 23.0 Å². The van der Waals surface area contributed by atoms with Crippen LogP contribution in [0.3, 0.4) is 0 Å². The molecule has 1 radical (unpaired) electrons. The minimum atomic E-state index is -0.880. The first-order valence-corrected chi connectivity index (χ1v) is 7.81. The summed E-state index contributed by atoms with van der Waals surface area (Å²) in [7, 11) is 1.64. The van der Waals surface area contributed by atoms with Crippen molar-refractivity contribution in [3.05, 3.63) is 11.8 Å². The number of ether oxygens (including phenoxy) is 3. The third-order valence-corrected chi connectivity index (χ3v) is 4.17. The van der Waals surface area contributed by atoms with E-state index in [4.69, 9.17) is 14.2 Å². The van der Waals surface area contributed by atoms with E-state index >= 15 is 0 Å². The summed E-state index contributed by atoms with van der Waals surface area (Å²) in [4.78, 5) is 13.7. The van der Waals surface area contributed by atoms with Crippen LogP contribution in [0.25, 0.3) is 0 Å². The lowest BCUT2D eigenvalue weighted by Gasteiger charge is -2.33. The second-order valence-electron chi connectivity index (χ2n) is 7.71. The molecule has 0 spiro atoms. The van der Waals surface area contributed by atoms with Crippen LogP contribution in [0.15, 0.2) is 11.8 Å². The molecule has 1 saturated heterocycles. The fourth-order valence-electron chi connectivity index (χ4n) is 2.94. The highest BCUT2D eigenvalue weighted by atomic mass is 16.7. The molecule has 1 fully saturated rings. The fraction of sp³-hybridized carbons (Fsp3) is 0.812. The molecular weight excluding hydrogens is 300 g/mol. The highest BCUT2D eigenvalue weighted by Crippen LogP contribution is 2.39. The molecule has 0 aromatic carbocycles. The Morgan fingerprint density at radius 2 is 1.96 bits per heavy atom. The first-order valence-electron chi connectivity index (χ1n) is 7.81. The van der Waals surface area contributed by atoms with Gasteiger partial charge in [0.2, 0.25) is 0 Å². The summed E-state index contributed by atoms with van der Waals surface area (Å²) in [5.41, 5.74) is -1.58. The van der Waals surface area contributed by atoms with Gasteiger partial charge in [-0.1, -0.05) is 0 Å². The summed E-state index contributed by atoms with van der Waals surface area (Å²) >= 11 is 0. The topological polar surface area (TPSA) is 71.1 Å². The summed E-state index contributed by atoms with van der Waals surface area (Å²) in [6, 6.07) is 0. The van der Waals surface area contributed by atoms with Gasteiger partial charge < -0.3 is 19.1 Å². The van der Waals surface area contributed by atoms with Crippen molar-refractivity contribution in [2.24, 2.45) is 0 Å². The Labute approximate surface area is 137 Å². The summed E-state index contributed by atoms with van der Waals surface area (Å²) in [6.07, 6.45) is 0.994. The van der Waals surface area contributed by atoms with Gasteiger partial charge in [0.15, 0.2) is 5.79 Å². The van der Waals surface area contributed by atoms with Crippen molar-refractivity contribution >= 4 is 6.09 Å². The number of carbonyl (C=O) groups excluding carboxylic acids is 1. The van der Waals surface area contributed by atoms with Crippen LogP contribution in [0, 0.1) is 0 Å². The molecule has 0 aliphatic carbocycles. The number of hydrogen-bond donors (Lipinski definition) is 0. The third-order valence-electron chi connectivity index (χ3n) is 4.17. The summed E-state index contributed by atoms with van der Waals surface area (Å²) < 4.78 is 16.6. The molecule has 0 saturated carbocycles. The number of amides is 1. The minimum absolute atomic E-state index is 0.194. The number of likely N-dealkylation sites (N-methyl/N-ethyl adjacent to an activating group) is 1. The molecule has 1 unspecified atom stereocenters. The van der Waals surface area contributed by atoms with Gasteiger partial charge in [-0.15, -0.1) is 10.3 Å². The summed E-state index contributed by atoms with van der Waals surface area (Å²) in [5.74, 6) is -0.253. The van der Waals surface area contributed by atoms with Crippen LogP contribution in [-0.2, 0) is 19.4 Å². The van der Waals surface area contributed by atoms with Crippen molar-refractivity contribution in [1.29, 1.82) is 0 Å². The Bertz CT molecular complexity index is 513. The van der Waals surface area contributed by atoms with Crippen LogP contribution in [0.2, 0.25) is 0 Å². The van der Waals surface area contributed by atoms with Crippen molar-refractivity contribution in [2.75, 3.05) is 20.2 Å². The van der Waals surface area contributed by atoms with E-state index in [2.05, 4.69) is 0 Å². The molecule has 0 aromatic heterocycles. The van der Waals surface area contributed by atoms with Gasteiger partial charge >= 0.3 is 6.09 Å². The monoisotopic (exact) mass is 327 g/mol. The Morgan fingerprint density at radius 3 is 2.39 bits per heavy atom. The van der Waals surface area contributed by atoms with Crippen molar-refractivity contribution in [3.63, 3.8) is 0 Å². The number of hydrogen-bond acceptors (Lipinski definition) is 5. The van der Waals surface area contributed by atoms with E-state index in [0.29, 0.717) is 18.9 Å². The van der Waals surface area contributed by atoms with Crippen LogP contribution in [-0.4, -0.2) is 59.2 Å². The van der Waals surface area contributed by atoms with Crippen molar-refractivity contribution in [3.8, 4) is 0 Å². The van der Waals surface area contributed by atoms with Crippen LogP contribution in [0.1, 0.15) is 41.5 Å². The zero-order chi connectivity index (χ0) is 17.6. The largest absolute Gasteiger partial charge is 0.414 e. The van der Waals surface area contributed by atoms with Crippen molar-refractivity contribution in [1.82, 2.24) is 9.96 Å². The predicted octanol–water partition coefficient (Wildman–Crippen LogP) is 2.31. The van der Waals surface area contributed by atoms with E-state index in [1.165, 1.54) is 4.90 Å². The molecule has 0 bridgehead atoms. The molecule has 7 nitrogen and oxygen atoms in total. The second kappa shape index (κ2) is 5.73. The fourth-order valence-corrected chi connectivity index (χ4v) is 2.94. The lowest BCUT2D eigenvalue weighted by molar-refractivity contribution is -0.242. The van der Waals surface area contributed by atoms with Gasteiger partial charge in [-0.25, -0.2) is 4.79 Å². The van der Waals surface area contributed by atoms with Gasteiger partial charge in [0.05, 0.1) is 18.7 Å². The predicted molar refractivity (Wildman–Crippen MR) is 82.8 cm³/mol. The third kappa shape index (κ3) is 3.68. The van der Waals surface area contributed by atoms with E-state index in [0.717, 1.165) is 5.06 Å². The number of nitrogens with zero attached hydrogens (tertiary/aromatic N) is 2. The van der Waals surface area contributed by atoms with Crippen molar-refractivity contribution < 1.29 is 24.2 Å². The second-order valence-corrected chi connectivity index (χ2v) is 7.71. The number of hydroxylamine groups is 2. The molecule has 23 heavy (non-hydrogen) atoms. The van der Waals surface area contributed by atoms with Crippen LogP contribution in [0.4, 0.5) is 4.79 Å². The number of carbonyl (C=O) groups is 1. The molecular formula is C16H27N2O5. The zero-order valence-corrected chi connectivity index (χ0v) is 15.0. The van der Waals surface area contributed by atoms with Crippen LogP contribution < -0.4 is 0 Å². The Kier molecular flexibility index (Phi) is 4.54. The van der Waals surface area contributed by atoms with Gasteiger partial charge in [0.25, 0.3) is 0 Å². The van der Waals surface area contributed by atoms with E-state index in [1.807, 2.05) is 13.8 Å². The Balaban J connectivity index is 1.97. The molecule has 2 aliphatic heterocycles. The first-order chi connectivity index (χ1) is 10.3. The molecule has 2 heterocycles. The maximum Gasteiger partial charge on any atom is 0.414 e. The van der Waals surface area contributed by atoms with Crippen LogP contribution >= 0.6 is 0 Å². The van der Waals surface area contributed by atoms with Crippen molar-refractivity contribution in [2.45, 2.75) is 64.5 Å². The molecule has 0 N–H and O–H groups in total. The standard InChI is InChI=1S/C16H27N2O5/c1-14(2)8-12(15(3,4)18(14)20)22-13(19)17(7)9-11-10-21-16(5,6)23-11/h8,11H,9-10H2,1-7H3. The van der Waals surface area contributed by atoms with E-state index in [-0.39, 0.29) is 6.10 Å². The molecule has 1 atom stereocenters. The lowest BCUT2D eigenvalue weighted by Crippen LogP contribution is -2.47. The average Bonchev–Trinajstić information content (AvgIpc) is 2.81. The van der Waals surface area contributed by atoms with E-state index in [1.54, 1.807) is 40.8 Å². The molecule has 2 aliphatic rings. The van der Waals surface area contributed by atoms with Gasteiger partial charge in [0.1, 0.15) is 17.4 Å².